The molecule has 0 aromatic heterocycles. The molecular weight excluding hydrogens is 176 g/mol. The van der Waals surface area contributed by atoms with E-state index in [2.05, 4.69) is 17.6 Å². The fraction of sp³-hybridized carbons (Fsp3) is 0.909. The van der Waals surface area contributed by atoms with Crippen LogP contribution in [0.4, 0.5) is 0 Å². The van der Waals surface area contributed by atoms with Gasteiger partial charge in [0.05, 0.1) is 0 Å². The maximum atomic E-state index is 10.8. The maximum absolute atomic E-state index is 10.8. The smallest absolute Gasteiger partial charge is 0.217 e. The summed E-state index contributed by atoms with van der Waals surface area (Å²) in [6.07, 6.45) is 4.79. The summed E-state index contributed by atoms with van der Waals surface area (Å²) in [6.45, 7) is 5.95. The molecule has 0 atom stereocenters. The largest absolute Gasteiger partial charge is 0.354 e. The van der Waals surface area contributed by atoms with E-state index in [1.54, 1.807) is 6.92 Å². The minimum absolute atomic E-state index is 0.111. The van der Waals surface area contributed by atoms with Crippen molar-refractivity contribution in [2.45, 2.75) is 45.6 Å². The van der Waals surface area contributed by atoms with Gasteiger partial charge in [0, 0.05) is 13.0 Å². The van der Waals surface area contributed by atoms with E-state index in [4.69, 9.17) is 0 Å². The van der Waals surface area contributed by atoms with Crippen LogP contribution in [-0.2, 0) is 4.79 Å². The van der Waals surface area contributed by atoms with Crippen molar-refractivity contribution in [3.63, 3.8) is 0 Å². The molecule has 0 spiro atoms. The van der Waals surface area contributed by atoms with Crippen LogP contribution in [0.25, 0.3) is 0 Å². The van der Waals surface area contributed by atoms with Crippen LogP contribution < -0.4 is 10.6 Å². The Bertz CT molecular complexity index is 174. The molecule has 82 valence electrons. The summed E-state index contributed by atoms with van der Waals surface area (Å²) in [4.78, 5) is 10.8. The molecule has 1 aliphatic rings. The summed E-state index contributed by atoms with van der Waals surface area (Å²) in [5.74, 6) is 0.931. The molecule has 0 bridgehead atoms. The third-order valence-electron chi connectivity index (χ3n) is 2.94. The topological polar surface area (TPSA) is 41.1 Å². The zero-order valence-electron chi connectivity index (χ0n) is 9.31. The molecule has 1 fully saturated rings. The van der Waals surface area contributed by atoms with Gasteiger partial charge in [-0.25, -0.2) is 0 Å². The van der Waals surface area contributed by atoms with E-state index in [1.165, 1.54) is 12.8 Å². The van der Waals surface area contributed by atoms with Crippen LogP contribution in [0.1, 0.15) is 39.5 Å². The van der Waals surface area contributed by atoms with Gasteiger partial charge >= 0.3 is 0 Å². The molecule has 0 radical (unpaired) electrons. The van der Waals surface area contributed by atoms with Crippen LogP contribution in [0.5, 0.6) is 0 Å². The van der Waals surface area contributed by atoms with Crippen molar-refractivity contribution in [1.82, 2.24) is 10.6 Å². The fourth-order valence-corrected chi connectivity index (χ4v) is 2.15. The SMILES string of the molecule is CCNCC1CCC(NC(C)=O)CC1. The molecule has 0 aromatic carbocycles. The molecule has 14 heavy (non-hydrogen) atoms. The van der Waals surface area contributed by atoms with E-state index in [0.717, 1.165) is 31.8 Å². The molecule has 0 heterocycles. The standard InChI is InChI=1S/C11H22N2O/c1-3-12-8-10-4-6-11(7-5-10)13-9(2)14/h10-12H,3-8H2,1-2H3,(H,13,14). The first-order chi connectivity index (χ1) is 6.72. The van der Waals surface area contributed by atoms with Gasteiger partial charge in [-0.3, -0.25) is 4.79 Å². The van der Waals surface area contributed by atoms with Crippen LogP contribution >= 0.6 is 0 Å². The average molecular weight is 198 g/mol. The summed E-state index contributed by atoms with van der Waals surface area (Å²) < 4.78 is 0. The molecule has 2 N–H and O–H groups in total. The highest BCUT2D eigenvalue weighted by molar-refractivity contribution is 5.73. The Morgan fingerprint density at radius 1 is 1.29 bits per heavy atom. The first-order valence-electron chi connectivity index (χ1n) is 5.70. The average Bonchev–Trinajstić information content (AvgIpc) is 2.16. The first kappa shape index (κ1) is 11.5. The van der Waals surface area contributed by atoms with Crippen molar-refractivity contribution >= 4 is 5.91 Å². The van der Waals surface area contributed by atoms with Crippen LogP contribution in [0.3, 0.4) is 0 Å². The number of rotatable bonds is 4. The number of amides is 1. The van der Waals surface area contributed by atoms with Crippen LogP contribution in [0.15, 0.2) is 0 Å². The van der Waals surface area contributed by atoms with Gasteiger partial charge < -0.3 is 10.6 Å². The Balaban J connectivity index is 2.14. The van der Waals surface area contributed by atoms with Gasteiger partial charge in [-0.1, -0.05) is 6.92 Å². The number of carbonyl (C=O) groups excluding carboxylic acids is 1. The zero-order chi connectivity index (χ0) is 10.4. The summed E-state index contributed by atoms with van der Waals surface area (Å²) in [6, 6.07) is 0.436. The van der Waals surface area contributed by atoms with E-state index in [-0.39, 0.29) is 5.91 Å². The Morgan fingerprint density at radius 3 is 2.43 bits per heavy atom. The number of hydrogen-bond acceptors (Lipinski definition) is 2. The predicted octanol–water partition coefficient (Wildman–Crippen LogP) is 1.29. The third-order valence-corrected chi connectivity index (χ3v) is 2.94. The van der Waals surface area contributed by atoms with Gasteiger partial charge in [-0.2, -0.15) is 0 Å². The Kier molecular flexibility index (Phi) is 4.94. The highest BCUT2D eigenvalue weighted by Gasteiger charge is 2.20. The second-order valence-corrected chi connectivity index (χ2v) is 4.23. The van der Waals surface area contributed by atoms with Crippen LogP contribution in [0.2, 0.25) is 0 Å². The maximum Gasteiger partial charge on any atom is 0.217 e. The van der Waals surface area contributed by atoms with Crippen LogP contribution in [-0.4, -0.2) is 25.0 Å². The summed E-state index contributed by atoms with van der Waals surface area (Å²) >= 11 is 0. The van der Waals surface area contributed by atoms with Gasteiger partial charge in [0.15, 0.2) is 0 Å². The molecule has 0 unspecified atom stereocenters. The molecule has 1 rings (SSSR count). The van der Waals surface area contributed by atoms with Crippen molar-refractivity contribution in [2.24, 2.45) is 5.92 Å². The van der Waals surface area contributed by atoms with E-state index >= 15 is 0 Å². The zero-order valence-corrected chi connectivity index (χ0v) is 9.31. The lowest BCUT2D eigenvalue weighted by Gasteiger charge is -2.28. The molecule has 0 aliphatic heterocycles. The molecule has 0 aromatic rings. The lowest BCUT2D eigenvalue weighted by atomic mass is 9.86. The van der Waals surface area contributed by atoms with Gasteiger partial charge in [0.25, 0.3) is 0 Å². The second kappa shape index (κ2) is 6.02. The van der Waals surface area contributed by atoms with Crippen molar-refractivity contribution in [3.05, 3.63) is 0 Å². The van der Waals surface area contributed by atoms with Crippen molar-refractivity contribution in [1.29, 1.82) is 0 Å². The van der Waals surface area contributed by atoms with Gasteiger partial charge in [-0.05, 0) is 44.7 Å². The molecule has 1 amide bonds. The Morgan fingerprint density at radius 2 is 1.93 bits per heavy atom. The van der Waals surface area contributed by atoms with E-state index in [1.807, 2.05) is 0 Å². The lowest BCUT2D eigenvalue weighted by Crippen LogP contribution is -2.37. The van der Waals surface area contributed by atoms with Crippen molar-refractivity contribution in [2.75, 3.05) is 13.1 Å². The molecule has 1 saturated carbocycles. The second-order valence-electron chi connectivity index (χ2n) is 4.23. The quantitative estimate of drug-likeness (QED) is 0.714. The number of carbonyl (C=O) groups is 1. The molecule has 3 nitrogen and oxygen atoms in total. The molecule has 1 aliphatic carbocycles. The molecule has 3 heteroatoms. The third kappa shape index (κ3) is 4.09. The first-order valence-corrected chi connectivity index (χ1v) is 5.70. The number of nitrogens with one attached hydrogen (secondary N) is 2. The fourth-order valence-electron chi connectivity index (χ4n) is 2.15. The normalized spacial score (nSPS) is 27.3. The molecule has 0 saturated heterocycles. The van der Waals surface area contributed by atoms with E-state index in [9.17, 15) is 4.79 Å². The number of hydrogen-bond donors (Lipinski definition) is 2. The lowest BCUT2D eigenvalue weighted by molar-refractivity contribution is -0.119. The van der Waals surface area contributed by atoms with E-state index in [0.29, 0.717) is 6.04 Å². The van der Waals surface area contributed by atoms with E-state index < -0.39 is 0 Å². The Hall–Kier alpha value is -0.570. The van der Waals surface area contributed by atoms with Gasteiger partial charge in [-0.15, -0.1) is 0 Å². The van der Waals surface area contributed by atoms with Gasteiger partial charge in [0.1, 0.15) is 0 Å². The minimum Gasteiger partial charge on any atom is -0.354 e. The highest BCUT2D eigenvalue weighted by atomic mass is 16.1. The minimum atomic E-state index is 0.111. The summed E-state index contributed by atoms with van der Waals surface area (Å²) in [7, 11) is 0. The molecular formula is C11H22N2O. The van der Waals surface area contributed by atoms with Crippen molar-refractivity contribution in [3.8, 4) is 0 Å². The highest BCUT2D eigenvalue weighted by Crippen LogP contribution is 2.23. The summed E-state index contributed by atoms with van der Waals surface area (Å²) in [5.41, 5.74) is 0. The van der Waals surface area contributed by atoms with Crippen molar-refractivity contribution < 1.29 is 4.79 Å². The summed E-state index contributed by atoms with van der Waals surface area (Å²) in [5, 5.41) is 6.39. The Labute approximate surface area is 86.6 Å². The monoisotopic (exact) mass is 198 g/mol. The van der Waals surface area contributed by atoms with Gasteiger partial charge in [0.2, 0.25) is 5.91 Å². The predicted molar refractivity (Wildman–Crippen MR) is 58.1 cm³/mol. The van der Waals surface area contributed by atoms with Crippen LogP contribution in [0, 0.1) is 5.92 Å².